The molecule has 1 aliphatic rings. The summed E-state index contributed by atoms with van der Waals surface area (Å²) in [4.78, 5) is 1.30. The summed E-state index contributed by atoms with van der Waals surface area (Å²) in [5.74, 6) is 0.182. The number of halogens is 1. The van der Waals surface area contributed by atoms with E-state index in [0.717, 1.165) is 5.69 Å². The van der Waals surface area contributed by atoms with Gasteiger partial charge in [-0.1, -0.05) is 6.07 Å². The Bertz CT molecular complexity index is 612. The summed E-state index contributed by atoms with van der Waals surface area (Å²) < 4.78 is 13.3. The number of hydrogen-bond acceptors (Lipinski definition) is 3. The molecule has 0 aliphatic heterocycles. The standard InChI is InChI=1S/C15H13FN2S/c16-13-6-5-12(8-11(13)9-17)18-15(10-3-4-10)14-2-1-7-19-14/h1-2,5-8,10,15,18H,3-4H2. The van der Waals surface area contributed by atoms with Crippen molar-refractivity contribution in [3.8, 4) is 6.07 Å². The highest BCUT2D eigenvalue weighted by molar-refractivity contribution is 7.10. The Labute approximate surface area is 115 Å². The average Bonchev–Trinajstić information content (AvgIpc) is 3.12. The third kappa shape index (κ3) is 2.61. The van der Waals surface area contributed by atoms with E-state index in [1.807, 2.05) is 12.1 Å². The van der Waals surface area contributed by atoms with Crippen LogP contribution in [-0.4, -0.2) is 0 Å². The van der Waals surface area contributed by atoms with Gasteiger partial charge >= 0.3 is 0 Å². The van der Waals surface area contributed by atoms with Crippen LogP contribution in [-0.2, 0) is 0 Å². The molecule has 1 N–H and O–H groups in total. The van der Waals surface area contributed by atoms with Crippen LogP contribution in [0.5, 0.6) is 0 Å². The van der Waals surface area contributed by atoms with E-state index in [2.05, 4.69) is 16.8 Å². The monoisotopic (exact) mass is 272 g/mol. The van der Waals surface area contributed by atoms with Crippen LogP contribution in [0, 0.1) is 23.1 Å². The molecule has 4 heteroatoms. The first-order chi connectivity index (χ1) is 9.28. The van der Waals surface area contributed by atoms with Gasteiger partial charge < -0.3 is 5.32 Å². The molecule has 1 aromatic carbocycles. The van der Waals surface area contributed by atoms with Crippen molar-refractivity contribution < 1.29 is 4.39 Å². The maximum absolute atomic E-state index is 13.3. The zero-order valence-electron chi connectivity index (χ0n) is 10.3. The van der Waals surface area contributed by atoms with Gasteiger partial charge in [-0.3, -0.25) is 0 Å². The zero-order valence-corrected chi connectivity index (χ0v) is 11.1. The second-order valence-electron chi connectivity index (χ2n) is 4.78. The fraction of sp³-hybridized carbons (Fsp3) is 0.267. The quantitative estimate of drug-likeness (QED) is 0.899. The van der Waals surface area contributed by atoms with Gasteiger partial charge in [0, 0.05) is 10.6 Å². The number of anilines is 1. The molecule has 0 radical (unpaired) electrons. The van der Waals surface area contributed by atoms with Crippen LogP contribution in [0.15, 0.2) is 35.7 Å². The molecule has 1 aromatic heterocycles. The van der Waals surface area contributed by atoms with Crippen LogP contribution in [0.25, 0.3) is 0 Å². The van der Waals surface area contributed by atoms with Crippen molar-refractivity contribution in [2.75, 3.05) is 5.32 Å². The van der Waals surface area contributed by atoms with E-state index in [4.69, 9.17) is 5.26 Å². The largest absolute Gasteiger partial charge is 0.377 e. The summed E-state index contributed by atoms with van der Waals surface area (Å²) in [6.45, 7) is 0. The first-order valence-electron chi connectivity index (χ1n) is 6.27. The predicted octanol–water partition coefficient (Wildman–Crippen LogP) is 4.32. The van der Waals surface area contributed by atoms with Gasteiger partial charge in [-0.25, -0.2) is 4.39 Å². The van der Waals surface area contributed by atoms with Gasteiger partial charge in [0.15, 0.2) is 0 Å². The van der Waals surface area contributed by atoms with Crippen LogP contribution >= 0.6 is 11.3 Å². The first-order valence-corrected chi connectivity index (χ1v) is 7.15. The zero-order chi connectivity index (χ0) is 13.2. The normalized spacial score (nSPS) is 15.8. The lowest BCUT2D eigenvalue weighted by atomic mass is 10.1. The van der Waals surface area contributed by atoms with Crippen molar-refractivity contribution in [3.63, 3.8) is 0 Å². The molecule has 1 unspecified atom stereocenters. The minimum atomic E-state index is -0.466. The third-order valence-corrected chi connectivity index (χ3v) is 4.31. The molecule has 1 heterocycles. The Morgan fingerprint density at radius 1 is 1.37 bits per heavy atom. The third-order valence-electron chi connectivity index (χ3n) is 3.35. The molecule has 96 valence electrons. The fourth-order valence-electron chi connectivity index (χ4n) is 2.20. The highest BCUT2D eigenvalue weighted by atomic mass is 32.1. The van der Waals surface area contributed by atoms with E-state index in [-0.39, 0.29) is 11.6 Å². The van der Waals surface area contributed by atoms with Crippen molar-refractivity contribution in [2.45, 2.75) is 18.9 Å². The molecule has 1 saturated carbocycles. The molecule has 0 bridgehead atoms. The summed E-state index contributed by atoms with van der Waals surface area (Å²) >= 11 is 1.73. The lowest BCUT2D eigenvalue weighted by molar-refractivity contribution is 0.623. The van der Waals surface area contributed by atoms with Gasteiger partial charge in [-0.05, 0) is 48.4 Å². The molecule has 1 aliphatic carbocycles. The van der Waals surface area contributed by atoms with Crippen LogP contribution in [0.1, 0.15) is 29.3 Å². The molecule has 19 heavy (non-hydrogen) atoms. The van der Waals surface area contributed by atoms with E-state index in [1.54, 1.807) is 23.5 Å². The fourth-order valence-corrected chi connectivity index (χ4v) is 3.07. The highest BCUT2D eigenvalue weighted by Gasteiger charge is 2.32. The maximum atomic E-state index is 13.3. The molecular formula is C15H13FN2S. The van der Waals surface area contributed by atoms with E-state index in [0.29, 0.717) is 5.92 Å². The summed E-state index contributed by atoms with van der Waals surface area (Å²) in [7, 11) is 0. The van der Waals surface area contributed by atoms with Crippen LogP contribution in [0.4, 0.5) is 10.1 Å². The minimum Gasteiger partial charge on any atom is -0.377 e. The molecule has 0 saturated heterocycles. The number of thiophene rings is 1. The van der Waals surface area contributed by atoms with E-state index in [1.165, 1.54) is 23.8 Å². The van der Waals surface area contributed by atoms with E-state index < -0.39 is 5.82 Å². The van der Waals surface area contributed by atoms with Gasteiger partial charge in [0.05, 0.1) is 11.6 Å². The van der Waals surface area contributed by atoms with Crippen molar-refractivity contribution in [3.05, 3.63) is 52.0 Å². The molecule has 2 nitrogen and oxygen atoms in total. The first kappa shape index (κ1) is 12.2. The van der Waals surface area contributed by atoms with Crippen LogP contribution < -0.4 is 5.32 Å². The molecule has 2 aromatic rings. The molecule has 0 spiro atoms. The lowest BCUT2D eigenvalue weighted by Crippen LogP contribution is -2.11. The summed E-state index contributed by atoms with van der Waals surface area (Å²) in [6, 6.07) is 10.9. The van der Waals surface area contributed by atoms with Gasteiger partial charge in [0.25, 0.3) is 0 Å². The average molecular weight is 272 g/mol. The molecule has 1 atom stereocenters. The maximum Gasteiger partial charge on any atom is 0.141 e. The highest BCUT2D eigenvalue weighted by Crippen LogP contribution is 2.44. The second-order valence-corrected chi connectivity index (χ2v) is 5.76. The summed E-state index contributed by atoms with van der Waals surface area (Å²) in [6.07, 6.45) is 2.45. The lowest BCUT2D eigenvalue weighted by Gasteiger charge is -2.18. The Kier molecular flexibility index (Phi) is 3.22. The van der Waals surface area contributed by atoms with Crippen molar-refractivity contribution in [2.24, 2.45) is 5.92 Å². The number of benzene rings is 1. The Balaban J connectivity index is 1.85. The van der Waals surface area contributed by atoms with Gasteiger partial charge in [0.1, 0.15) is 11.9 Å². The number of hydrogen-bond donors (Lipinski definition) is 1. The molecule has 3 rings (SSSR count). The molecular weight excluding hydrogens is 259 g/mol. The van der Waals surface area contributed by atoms with E-state index in [9.17, 15) is 4.39 Å². The van der Waals surface area contributed by atoms with Crippen molar-refractivity contribution in [1.29, 1.82) is 5.26 Å². The van der Waals surface area contributed by atoms with Gasteiger partial charge in [-0.15, -0.1) is 11.3 Å². The van der Waals surface area contributed by atoms with Crippen LogP contribution in [0.2, 0.25) is 0 Å². The number of rotatable bonds is 4. The molecule has 1 fully saturated rings. The molecule has 0 amide bonds. The topological polar surface area (TPSA) is 35.8 Å². The number of nitrogens with one attached hydrogen (secondary N) is 1. The summed E-state index contributed by atoms with van der Waals surface area (Å²) in [5.41, 5.74) is 0.897. The Hall–Kier alpha value is -1.86. The Morgan fingerprint density at radius 3 is 2.84 bits per heavy atom. The smallest absolute Gasteiger partial charge is 0.141 e. The SMILES string of the molecule is N#Cc1cc(NC(c2cccs2)C2CC2)ccc1F. The number of nitrogens with zero attached hydrogens (tertiary/aromatic N) is 1. The number of nitriles is 1. The Morgan fingerprint density at radius 2 is 2.21 bits per heavy atom. The predicted molar refractivity (Wildman–Crippen MR) is 74.5 cm³/mol. The van der Waals surface area contributed by atoms with E-state index >= 15 is 0 Å². The minimum absolute atomic E-state index is 0.0886. The second kappa shape index (κ2) is 5.02. The van der Waals surface area contributed by atoms with Gasteiger partial charge in [0.2, 0.25) is 0 Å². The summed E-state index contributed by atoms with van der Waals surface area (Å²) in [5, 5.41) is 14.4. The van der Waals surface area contributed by atoms with Crippen molar-refractivity contribution >= 4 is 17.0 Å². The van der Waals surface area contributed by atoms with Crippen molar-refractivity contribution in [1.82, 2.24) is 0 Å². The van der Waals surface area contributed by atoms with Crippen LogP contribution in [0.3, 0.4) is 0 Å². The van der Waals surface area contributed by atoms with Gasteiger partial charge in [-0.2, -0.15) is 5.26 Å².